The van der Waals surface area contributed by atoms with Gasteiger partial charge in [-0.2, -0.15) is 28.2 Å². The molecule has 1 aliphatic heterocycles. The zero-order chi connectivity index (χ0) is 23.5. The maximum Gasteiger partial charge on any atom is 0.416 e. The van der Waals surface area contributed by atoms with Gasteiger partial charge in [-0.15, -0.1) is 0 Å². The molecule has 1 aliphatic rings. The van der Waals surface area contributed by atoms with Crippen molar-refractivity contribution < 1.29 is 17.9 Å². The standard InChI is InChI=1S/C22H19F3N8O/c23-22(24,25)16-3-1-2-15(12-16)13-28-33-14-27-18-19(29-17-4-6-26-7-5-17)30-21(31-20(18)33)32-8-10-34-11-9-32/h1-7,12-14H,8-11H2,(H,26,29,30,31). The van der Waals surface area contributed by atoms with Crippen LogP contribution in [0.1, 0.15) is 11.1 Å². The molecule has 0 aliphatic carbocycles. The van der Waals surface area contributed by atoms with E-state index in [2.05, 4.69) is 30.4 Å². The highest BCUT2D eigenvalue weighted by Gasteiger charge is 2.30. The summed E-state index contributed by atoms with van der Waals surface area (Å²) in [5.41, 5.74) is 1.21. The largest absolute Gasteiger partial charge is 0.416 e. The predicted molar refractivity (Wildman–Crippen MR) is 120 cm³/mol. The molecule has 0 bridgehead atoms. The molecule has 174 valence electrons. The van der Waals surface area contributed by atoms with Crippen LogP contribution in [0.15, 0.2) is 60.2 Å². The summed E-state index contributed by atoms with van der Waals surface area (Å²) >= 11 is 0. The summed E-state index contributed by atoms with van der Waals surface area (Å²) in [6.07, 6.45) is 1.66. The number of morpholine rings is 1. The van der Waals surface area contributed by atoms with Crippen molar-refractivity contribution in [1.29, 1.82) is 0 Å². The summed E-state index contributed by atoms with van der Waals surface area (Å²) in [6.45, 7) is 2.37. The predicted octanol–water partition coefficient (Wildman–Crippen LogP) is 3.70. The number of hydrogen-bond donors (Lipinski definition) is 1. The van der Waals surface area contributed by atoms with E-state index in [0.717, 1.165) is 17.8 Å². The Labute approximate surface area is 191 Å². The summed E-state index contributed by atoms with van der Waals surface area (Å²) in [5, 5.41) is 7.55. The fourth-order valence-corrected chi connectivity index (χ4v) is 3.45. The summed E-state index contributed by atoms with van der Waals surface area (Å²) in [5.74, 6) is 0.953. The second-order valence-electron chi connectivity index (χ2n) is 7.46. The number of aromatic nitrogens is 5. The van der Waals surface area contributed by atoms with Crippen LogP contribution in [0.4, 0.5) is 30.6 Å². The highest BCUT2D eigenvalue weighted by atomic mass is 19.4. The summed E-state index contributed by atoms with van der Waals surface area (Å²) in [7, 11) is 0. The van der Waals surface area contributed by atoms with Crippen LogP contribution in [0, 0.1) is 0 Å². The van der Waals surface area contributed by atoms with Crippen molar-refractivity contribution in [2.45, 2.75) is 6.18 Å². The maximum atomic E-state index is 13.0. The van der Waals surface area contributed by atoms with E-state index in [0.29, 0.717) is 54.8 Å². The normalized spacial score (nSPS) is 14.7. The molecule has 9 nitrogen and oxygen atoms in total. The maximum absolute atomic E-state index is 13.0. The molecule has 0 atom stereocenters. The topological polar surface area (TPSA) is 93.4 Å². The number of anilines is 3. The van der Waals surface area contributed by atoms with E-state index >= 15 is 0 Å². The number of nitrogens with zero attached hydrogens (tertiary/aromatic N) is 7. The molecule has 12 heteroatoms. The fourth-order valence-electron chi connectivity index (χ4n) is 3.45. The van der Waals surface area contributed by atoms with Crippen LogP contribution in [0.3, 0.4) is 0 Å². The number of nitrogens with one attached hydrogen (secondary N) is 1. The molecular weight excluding hydrogens is 449 g/mol. The Morgan fingerprint density at radius 2 is 1.85 bits per heavy atom. The van der Waals surface area contributed by atoms with Gasteiger partial charge in [0.25, 0.3) is 0 Å². The first-order valence-corrected chi connectivity index (χ1v) is 10.4. The minimum atomic E-state index is -4.43. The van der Waals surface area contributed by atoms with E-state index in [4.69, 9.17) is 4.74 Å². The average molecular weight is 468 g/mol. The van der Waals surface area contributed by atoms with Crippen LogP contribution < -0.4 is 10.2 Å². The zero-order valence-corrected chi connectivity index (χ0v) is 17.8. The molecule has 1 saturated heterocycles. The van der Waals surface area contributed by atoms with Crippen molar-refractivity contribution in [3.05, 3.63) is 66.2 Å². The van der Waals surface area contributed by atoms with Crippen molar-refractivity contribution >= 4 is 34.8 Å². The van der Waals surface area contributed by atoms with Crippen LogP contribution in [0.2, 0.25) is 0 Å². The second kappa shape index (κ2) is 9.06. The van der Waals surface area contributed by atoms with Gasteiger partial charge in [0.05, 0.1) is 25.0 Å². The van der Waals surface area contributed by atoms with Gasteiger partial charge in [0, 0.05) is 31.2 Å². The number of alkyl halides is 3. The molecule has 1 aromatic carbocycles. The number of halogens is 3. The van der Waals surface area contributed by atoms with Gasteiger partial charge in [0.1, 0.15) is 6.33 Å². The monoisotopic (exact) mass is 468 g/mol. The lowest BCUT2D eigenvalue weighted by Gasteiger charge is -2.27. The summed E-state index contributed by atoms with van der Waals surface area (Å²) < 4.78 is 45.9. The van der Waals surface area contributed by atoms with Crippen molar-refractivity contribution in [2.24, 2.45) is 5.10 Å². The third kappa shape index (κ3) is 4.66. The first kappa shape index (κ1) is 21.8. The van der Waals surface area contributed by atoms with Crippen molar-refractivity contribution in [2.75, 3.05) is 36.5 Å². The van der Waals surface area contributed by atoms with Gasteiger partial charge >= 0.3 is 6.18 Å². The van der Waals surface area contributed by atoms with Gasteiger partial charge in [-0.05, 0) is 29.8 Å². The first-order chi connectivity index (χ1) is 16.5. The fraction of sp³-hybridized carbons (Fsp3) is 0.227. The second-order valence-corrected chi connectivity index (χ2v) is 7.46. The van der Waals surface area contributed by atoms with Gasteiger partial charge in [-0.1, -0.05) is 12.1 Å². The minimum Gasteiger partial charge on any atom is -0.378 e. The Morgan fingerprint density at radius 1 is 1.06 bits per heavy atom. The molecule has 0 spiro atoms. The number of imidazole rings is 1. The Kier molecular flexibility index (Phi) is 5.80. The molecule has 1 N–H and O–H groups in total. The smallest absolute Gasteiger partial charge is 0.378 e. The molecule has 1 fully saturated rings. The number of ether oxygens (including phenoxy) is 1. The van der Waals surface area contributed by atoms with Crippen LogP contribution in [-0.4, -0.2) is 57.1 Å². The van der Waals surface area contributed by atoms with Crippen molar-refractivity contribution in [3.63, 3.8) is 0 Å². The van der Waals surface area contributed by atoms with E-state index in [1.54, 1.807) is 30.6 Å². The number of hydrogen-bond acceptors (Lipinski definition) is 8. The van der Waals surface area contributed by atoms with Crippen LogP contribution in [0.5, 0.6) is 0 Å². The summed E-state index contributed by atoms with van der Waals surface area (Å²) in [4.78, 5) is 19.7. The molecule has 4 heterocycles. The quantitative estimate of drug-likeness (QED) is 0.447. The van der Waals surface area contributed by atoms with Crippen LogP contribution in [0.25, 0.3) is 11.2 Å². The van der Waals surface area contributed by atoms with Crippen molar-refractivity contribution in [1.82, 2.24) is 24.6 Å². The van der Waals surface area contributed by atoms with Crippen molar-refractivity contribution in [3.8, 4) is 0 Å². The Morgan fingerprint density at radius 3 is 2.62 bits per heavy atom. The SMILES string of the molecule is FC(F)(F)c1cccc(C=Nn2cnc3c(Nc4ccncc4)nc(N4CCOCC4)nc32)c1. The van der Waals surface area contributed by atoms with Gasteiger partial charge < -0.3 is 15.0 Å². The number of rotatable bonds is 5. The Bertz CT molecular complexity index is 1320. The Balaban J connectivity index is 1.54. The van der Waals surface area contributed by atoms with Gasteiger partial charge in [0.15, 0.2) is 17.0 Å². The van der Waals surface area contributed by atoms with Gasteiger partial charge in [-0.3, -0.25) is 4.98 Å². The minimum absolute atomic E-state index is 0.300. The third-order valence-corrected chi connectivity index (χ3v) is 5.15. The lowest BCUT2D eigenvalue weighted by Crippen LogP contribution is -2.37. The number of benzene rings is 1. The van der Waals surface area contributed by atoms with E-state index in [1.165, 1.54) is 23.3 Å². The zero-order valence-electron chi connectivity index (χ0n) is 17.8. The molecule has 5 rings (SSSR count). The van der Waals surface area contributed by atoms with E-state index < -0.39 is 11.7 Å². The molecule has 0 unspecified atom stereocenters. The molecule has 0 radical (unpaired) electrons. The average Bonchev–Trinajstić information content (AvgIpc) is 3.27. The molecule has 0 saturated carbocycles. The van der Waals surface area contributed by atoms with Crippen LogP contribution in [-0.2, 0) is 10.9 Å². The third-order valence-electron chi connectivity index (χ3n) is 5.15. The highest BCUT2D eigenvalue weighted by molar-refractivity contribution is 5.87. The van der Waals surface area contributed by atoms with Gasteiger partial charge in [0.2, 0.25) is 5.95 Å². The molecular formula is C22H19F3N8O. The first-order valence-electron chi connectivity index (χ1n) is 10.4. The van der Waals surface area contributed by atoms with E-state index in [-0.39, 0.29) is 0 Å². The molecule has 0 amide bonds. The number of fused-ring (bicyclic) bond motifs is 1. The van der Waals surface area contributed by atoms with Gasteiger partial charge in [-0.25, -0.2) is 9.66 Å². The highest BCUT2D eigenvalue weighted by Crippen LogP contribution is 2.29. The van der Waals surface area contributed by atoms with E-state index in [1.807, 2.05) is 4.90 Å². The molecule has 34 heavy (non-hydrogen) atoms. The number of pyridine rings is 1. The van der Waals surface area contributed by atoms with E-state index in [9.17, 15) is 13.2 Å². The van der Waals surface area contributed by atoms with Crippen LogP contribution >= 0.6 is 0 Å². The molecule has 4 aromatic rings. The summed E-state index contributed by atoms with van der Waals surface area (Å²) in [6, 6.07) is 8.53. The lowest BCUT2D eigenvalue weighted by atomic mass is 10.1. The lowest BCUT2D eigenvalue weighted by molar-refractivity contribution is -0.137. The molecule has 3 aromatic heterocycles. The Hall–Kier alpha value is -4.06.